The summed E-state index contributed by atoms with van der Waals surface area (Å²) in [6, 6.07) is 3.05. The molecule has 1 aromatic carbocycles. The highest BCUT2D eigenvalue weighted by Crippen LogP contribution is 2.33. The zero-order valence-electron chi connectivity index (χ0n) is 7.24. The largest absolute Gasteiger partial charge is 0.386 e. The van der Waals surface area contributed by atoms with Crippen LogP contribution in [0.2, 0.25) is 5.02 Å². The lowest BCUT2D eigenvalue weighted by atomic mass is 9.98. The average Bonchev–Trinajstić information content (AvgIpc) is 1.95. The second-order valence-electron chi connectivity index (χ2n) is 3.28. The van der Waals surface area contributed by atoms with E-state index in [0.29, 0.717) is 4.47 Å². The van der Waals surface area contributed by atoms with Crippen LogP contribution in [-0.2, 0) is 5.60 Å². The molecule has 4 heteroatoms. The van der Waals surface area contributed by atoms with Crippen molar-refractivity contribution in [1.29, 1.82) is 0 Å². The van der Waals surface area contributed by atoms with Gasteiger partial charge in [0.2, 0.25) is 0 Å². The molecule has 0 saturated carbocycles. The fourth-order valence-corrected chi connectivity index (χ4v) is 1.80. The second-order valence-corrected chi connectivity index (χ2v) is 4.54. The number of hydrogen-bond acceptors (Lipinski definition) is 1. The maximum Gasteiger partial charge on any atom is 0.144 e. The molecule has 1 N–H and O–H groups in total. The van der Waals surface area contributed by atoms with Crippen molar-refractivity contribution >= 4 is 27.5 Å². The molecule has 0 aromatic heterocycles. The Balaban J connectivity index is 3.43. The smallest absolute Gasteiger partial charge is 0.144 e. The molecule has 1 rings (SSSR count). The van der Waals surface area contributed by atoms with Crippen molar-refractivity contribution in [2.24, 2.45) is 0 Å². The van der Waals surface area contributed by atoms with Crippen molar-refractivity contribution in [1.82, 2.24) is 0 Å². The first-order valence-corrected chi connectivity index (χ1v) is 4.87. The van der Waals surface area contributed by atoms with Crippen molar-refractivity contribution in [2.75, 3.05) is 0 Å². The van der Waals surface area contributed by atoms with E-state index >= 15 is 0 Å². The molecule has 0 aliphatic carbocycles. The second kappa shape index (κ2) is 3.56. The van der Waals surface area contributed by atoms with Crippen LogP contribution >= 0.6 is 27.5 Å². The molecule has 0 saturated heterocycles. The van der Waals surface area contributed by atoms with Gasteiger partial charge >= 0.3 is 0 Å². The summed E-state index contributed by atoms with van der Waals surface area (Å²) < 4.78 is 13.8. The first kappa shape index (κ1) is 11.0. The van der Waals surface area contributed by atoms with Crippen LogP contribution in [0.15, 0.2) is 16.6 Å². The standard InChI is InChI=1S/C9H9BrClFO/c1-9(2,13)7-6(11)4-3-5(10)8(7)12/h3-4,13H,1-2H3. The molecule has 0 aliphatic rings. The Morgan fingerprint density at radius 2 is 2.00 bits per heavy atom. The highest BCUT2D eigenvalue weighted by Gasteiger charge is 2.25. The van der Waals surface area contributed by atoms with Crippen molar-refractivity contribution in [2.45, 2.75) is 19.4 Å². The lowest BCUT2D eigenvalue weighted by molar-refractivity contribution is 0.0745. The van der Waals surface area contributed by atoms with E-state index in [2.05, 4.69) is 15.9 Å². The minimum Gasteiger partial charge on any atom is -0.386 e. The van der Waals surface area contributed by atoms with Gasteiger partial charge in [0.25, 0.3) is 0 Å². The maximum absolute atomic E-state index is 13.5. The van der Waals surface area contributed by atoms with Crippen LogP contribution in [0.5, 0.6) is 0 Å². The summed E-state index contributed by atoms with van der Waals surface area (Å²) in [5, 5.41) is 9.86. The highest BCUT2D eigenvalue weighted by atomic mass is 79.9. The Morgan fingerprint density at radius 3 is 2.38 bits per heavy atom. The number of benzene rings is 1. The maximum atomic E-state index is 13.5. The minimum atomic E-state index is -1.27. The van der Waals surface area contributed by atoms with Crippen LogP contribution in [0.25, 0.3) is 0 Å². The Labute approximate surface area is 89.7 Å². The summed E-state index contributed by atoms with van der Waals surface area (Å²) in [4.78, 5) is 0. The van der Waals surface area contributed by atoms with Crippen LogP contribution in [0.4, 0.5) is 4.39 Å². The molecule has 0 unspecified atom stereocenters. The molecule has 0 bridgehead atoms. The third kappa shape index (κ3) is 2.22. The minimum absolute atomic E-state index is 0.114. The van der Waals surface area contributed by atoms with Gasteiger partial charge in [-0.15, -0.1) is 0 Å². The quantitative estimate of drug-likeness (QED) is 0.773. The normalized spacial score (nSPS) is 11.8. The van der Waals surface area contributed by atoms with Crippen LogP contribution < -0.4 is 0 Å². The summed E-state index contributed by atoms with van der Waals surface area (Å²) in [5.74, 6) is -0.514. The van der Waals surface area contributed by atoms with Crippen molar-refractivity contribution < 1.29 is 9.50 Å². The van der Waals surface area contributed by atoms with Gasteiger partial charge in [0.05, 0.1) is 10.1 Å². The monoisotopic (exact) mass is 266 g/mol. The molecule has 72 valence electrons. The highest BCUT2D eigenvalue weighted by molar-refractivity contribution is 9.10. The van der Waals surface area contributed by atoms with Crippen LogP contribution in [0, 0.1) is 5.82 Å². The van der Waals surface area contributed by atoms with E-state index in [-0.39, 0.29) is 10.6 Å². The molecule has 13 heavy (non-hydrogen) atoms. The third-order valence-electron chi connectivity index (χ3n) is 1.66. The Bertz CT molecular complexity index is 333. The SMILES string of the molecule is CC(C)(O)c1c(Cl)ccc(Br)c1F. The zero-order chi connectivity index (χ0) is 10.2. The predicted molar refractivity (Wildman–Crippen MR) is 54.4 cm³/mol. The Morgan fingerprint density at radius 1 is 1.46 bits per heavy atom. The lowest BCUT2D eigenvalue weighted by Crippen LogP contribution is -2.18. The van der Waals surface area contributed by atoms with Gasteiger partial charge in [-0.05, 0) is 41.9 Å². The average molecular weight is 268 g/mol. The summed E-state index contributed by atoms with van der Waals surface area (Å²) in [7, 11) is 0. The molecule has 1 aromatic rings. The Hall–Kier alpha value is -0.120. The Kier molecular flexibility index (Phi) is 3.00. The molecule has 1 nitrogen and oxygen atoms in total. The third-order valence-corrected chi connectivity index (χ3v) is 2.58. The van der Waals surface area contributed by atoms with E-state index in [0.717, 1.165) is 0 Å². The first-order chi connectivity index (χ1) is 5.84. The van der Waals surface area contributed by atoms with E-state index in [1.807, 2.05) is 0 Å². The fourth-order valence-electron chi connectivity index (χ4n) is 1.09. The van der Waals surface area contributed by atoms with Gasteiger partial charge in [-0.1, -0.05) is 11.6 Å². The van der Waals surface area contributed by atoms with Crippen LogP contribution in [-0.4, -0.2) is 5.11 Å². The molecule has 0 atom stereocenters. The van der Waals surface area contributed by atoms with Gasteiger partial charge in [0, 0.05) is 10.6 Å². The van der Waals surface area contributed by atoms with Gasteiger partial charge in [0.15, 0.2) is 0 Å². The number of aliphatic hydroxyl groups is 1. The number of hydrogen-bond donors (Lipinski definition) is 1. The van der Waals surface area contributed by atoms with Gasteiger partial charge in [-0.2, -0.15) is 0 Å². The van der Waals surface area contributed by atoms with E-state index in [1.165, 1.54) is 19.9 Å². The van der Waals surface area contributed by atoms with Crippen molar-refractivity contribution in [3.05, 3.63) is 33.0 Å². The molecule has 0 radical (unpaired) electrons. The molecule has 0 amide bonds. The summed E-state index contributed by atoms with van der Waals surface area (Å²) >= 11 is 8.79. The summed E-state index contributed by atoms with van der Waals surface area (Å²) in [5.41, 5.74) is -1.16. The zero-order valence-corrected chi connectivity index (χ0v) is 9.58. The van der Waals surface area contributed by atoms with Gasteiger partial charge in [-0.25, -0.2) is 4.39 Å². The summed E-state index contributed by atoms with van der Waals surface area (Å²) in [6.07, 6.45) is 0. The van der Waals surface area contributed by atoms with Crippen molar-refractivity contribution in [3.63, 3.8) is 0 Å². The van der Waals surface area contributed by atoms with E-state index < -0.39 is 11.4 Å². The molecular formula is C9H9BrClFO. The topological polar surface area (TPSA) is 20.2 Å². The van der Waals surface area contributed by atoms with Gasteiger partial charge < -0.3 is 5.11 Å². The summed E-state index contributed by atoms with van der Waals surface area (Å²) in [6.45, 7) is 2.98. The van der Waals surface area contributed by atoms with Crippen LogP contribution in [0.1, 0.15) is 19.4 Å². The molecular weight excluding hydrogens is 258 g/mol. The predicted octanol–water partition coefficient (Wildman–Crippen LogP) is 3.47. The molecule has 0 heterocycles. The van der Waals surface area contributed by atoms with E-state index in [9.17, 15) is 9.50 Å². The van der Waals surface area contributed by atoms with Crippen LogP contribution in [0.3, 0.4) is 0 Å². The molecule has 0 spiro atoms. The van der Waals surface area contributed by atoms with E-state index in [1.54, 1.807) is 6.07 Å². The van der Waals surface area contributed by atoms with Crippen molar-refractivity contribution in [3.8, 4) is 0 Å². The van der Waals surface area contributed by atoms with Gasteiger partial charge in [-0.3, -0.25) is 0 Å². The molecule has 0 aliphatic heterocycles. The van der Waals surface area contributed by atoms with E-state index in [4.69, 9.17) is 11.6 Å². The first-order valence-electron chi connectivity index (χ1n) is 3.70. The fraction of sp³-hybridized carbons (Fsp3) is 0.333. The lowest BCUT2D eigenvalue weighted by Gasteiger charge is -2.20. The number of rotatable bonds is 1. The molecule has 0 fully saturated rings. The number of halogens is 3. The van der Waals surface area contributed by atoms with Gasteiger partial charge in [0.1, 0.15) is 5.82 Å².